The number of piperidine rings is 1. The van der Waals surface area contributed by atoms with Crippen LogP contribution in [0.3, 0.4) is 0 Å². The predicted molar refractivity (Wildman–Crippen MR) is 174 cm³/mol. The van der Waals surface area contributed by atoms with Crippen LogP contribution in [0.2, 0.25) is 10.2 Å². The van der Waals surface area contributed by atoms with Gasteiger partial charge in [0.25, 0.3) is 5.91 Å². The minimum atomic E-state index is -3.29. The zero-order valence-electron chi connectivity index (χ0n) is 25.4. The van der Waals surface area contributed by atoms with Gasteiger partial charge in [0.05, 0.1) is 40.9 Å². The molecule has 0 radical (unpaired) electrons. The molecule has 2 aromatic carbocycles. The number of nitrogens with zero attached hydrogens (tertiary/aromatic N) is 4. The molecular weight excluding hydrogens is 658 g/mol. The largest absolute Gasteiger partial charge is 0.453 e. The predicted octanol–water partition coefficient (Wildman–Crippen LogP) is 6.07. The number of carbonyl (C=O) groups is 2. The Labute approximate surface area is 275 Å². The van der Waals surface area contributed by atoms with Gasteiger partial charge in [-0.3, -0.25) is 10.1 Å². The number of hydrogen-bond donors (Lipinski definition) is 2. The number of amides is 2. The van der Waals surface area contributed by atoms with Gasteiger partial charge in [-0.25, -0.2) is 26.9 Å². The van der Waals surface area contributed by atoms with Crippen molar-refractivity contribution in [2.75, 3.05) is 38.3 Å². The van der Waals surface area contributed by atoms with E-state index in [0.717, 1.165) is 0 Å². The first-order valence-corrected chi connectivity index (χ1v) is 17.4. The number of aromatic amines is 1. The van der Waals surface area contributed by atoms with Crippen LogP contribution in [-0.2, 0) is 21.8 Å². The highest BCUT2D eigenvalue weighted by molar-refractivity contribution is 7.88. The van der Waals surface area contributed by atoms with Crippen LogP contribution in [0.15, 0.2) is 42.6 Å². The van der Waals surface area contributed by atoms with Gasteiger partial charge in [-0.1, -0.05) is 35.3 Å². The first-order chi connectivity index (χ1) is 21.8. The normalized spacial score (nSPS) is 19.6. The number of benzene rings is 2. The Morgan fingerprint density at radius 1 is 1.09 bits per heavy atom. The molecule has 2 atom stereocenters. The van der Waals surface area contributed by atoms with E-state index in [0.29, 0.717) is 67.2 Å². The van der Waals surface area contributed by atoms with Gasteiger partial charge < -0.3 is 19.2 Å². The molecule has 2 aliphatic rings. The number of ether oxygens (including phenoxy) is 1. The monoisotopic (exact) mass is 690 g/mol. The van der Waals surface area contributed by atoms with Crippen LogP contribution in [0.5, 0.6) is 0 Å². The molecular formula is C31H33Cl2FN6O5S. The third-order valence-corrected chi connectivity index (χ3v) is 11.0. The van der Waals surface area contributed by atoms with E-state index in [1.807, 2.05) is 0 Å². The quantitative estimate of drug-likeness (QED) is 0.253. The molecule has 244 valence electrons. The lowest BCUT2D eigenvalue weighted by atomic mass is 9.83. The molecule has 2 amide bonds. The number of methoxy groups -OCH3 is 1. The first-order valence-electron chi connectivity index (χ1n) is 14.8. The van der Waals surface area contributed by atoms with Crippen molar-refractivity contribution in [3.63, 3.8) is 0 Å². The van der Waals surface area contributed by atoms with E-state index in [1.165, 1.54) is 23.7 Å². The zero-order chi connectivity index (χ0) is 32.9. The molecule has 4 heterocycles. The standard InChI is InChI=1S/C31H33Cl2FN6O5S/c1-38-16-22(32)25-23(38)9-8-21(26(25)34)30(41)40-15-19(17-10-12-39(13-11-17)46(3,43)44)14-24(40)29-36-27(28(33)37-29)18-4-6-20(7-5-18)35-31(42)45-2/h4-9,16-17,19,24H,10-15H2,1-3H3,(H,35,42)(H,36,37). The lowest BCUT2D eigenvalue weighted by molar-refractivity contribution is 0.0716. The van der Waals surface area contributed by atoms with Crippen LogP contribution < -0.4 is 5.32 Å². The number of rotatable bonds is 6. The molecule has 2 aliphatic heterocycles. The van der Waals surface area contributed by atoms with E-state index in [-0.39, 0.29) is 33.0 Å². The van der Waals surface area contributed by atoms with E-state index >= 15 is 4.39 Å². The summed E-state index contributed by atoms with van der Waals surface area (Å²) in [6, 6.07) is 9.50. The lowest BCUT2D eigenvalue weighted by Crippen LogP contribution is -2.40. The van der Waals surface area contributed by atoms with Crippen LogP contribution in [-0.4, -0.2) is 77.2 Å². The van der Waals surface area contributed by atoms with Crippen LogP contribution in [0.4, 0.5) is 14.9 Å². The molecule has 6 rings (SSSR count). The minimum Gasteiger partial charge on any atom is -0.453 e. The van der Waals surface area contributed by atoms with Gasteiger partial charge in [-0.15, -0.1) is 0 Å². The van der Waals surface area contributed by atoms with Crippen LogP contribution in [0, 0.1) is 17.7 Å². The Balaban J connectivity index is 1.32. The maximum absolute atomic E-state index is 15.9. The number of anilines is 1. The third-order valence-electron chi connectivity index (χ3n) is 9.09. The fourth-order valence-electron chi connectivity index (χ4n) is 6.68. The molecule has 2 fully saturated rings. The van der Waals surface area contributed by atoms with Crippen molar-refractivity contribution in [3.8, 4) is 11.3 Å². The maximum atomic E-state index is 15.9. The highest BCUT2D eigenvalue weighted by Crippen LogP contribution is 2.43. The van der Waals surface area contributed by atoms with Gasteiger partial charge in [0.1, 0.15) is 22.5 Å². The third kappa shape index (κ3) is 6.08. The number of hydrogen-bond acceptors (Lipinski definition) is 6. The zero-order valence-corrected chi connectivity index (χ0v) is 27.7. The molecule has 11 nitrogen and oxygen atoms in total. The molecule has 15 heteroatoms. The molecule has 2 unspecified atom stereocenters. The Bertz CT molecular complexity index is 1920. The molecule has 0 spiro atoms. The second kappa shape index (κ2) is 12.5. The fraction of sp³-hybridized carbons (Fsp3) is 0.387. The maximum Gasteiger partial charge on any atom is 0.411 e. The second-order valence-corrected chi connectivity index (χ2v) is 14.6. The Morgan fingerprint density at radius 2 is 1.78 bits per heavy atom. The summed E-state index contributed by atoms with van der Waals surface area (Å²) >= 11 is 13.0. The molecule has 0 saturated carbocycles. The van der Waals surface area contributed by atoms with Crippen molar-refractivity contribution >= 4 is 61.8 Å². The fourth-order valence-corrected chi connectivity index (χ4v) is 8.13. The van der Waals surface area contributed by atoms with Gasteiger partial charge in [0.15, 0.2) is 0 Å². The lowest BCUT2D eigenvalue weighted by Gasteiger charge is -2.33. The Kier molecular flexibility index (Phi) is 8.79. The SMILES string of the molecule is COC(=O)Nc1ccc(-c2nc(C3CC(C4CCN(S(C)(=O)=O)CC4)CN3C(=O)c3ccc4c(c(Cl)cn4C)c3F)[nH]c2Cl)cc1. The van der Waals surface area contributed by atoms with Gasteiger partial charge in [-0.2, -0.15) is 0 Å². The Hall–Kier alpha value is -3.65. The molecule has 46 heavy (non-hydrogen) atoms. The van der Waals surface area contributed by atoms with E-state index in [4.69, 9.17) is 28.2 Å². The van der Waals surface area contributed by atoms with Crippen molar-refractivity contribution in [1.82, 2.24) is 23.7 Å². The average molecular weight is 692 g/mol. The Morgan fingerprint density at radius 3 is 2.43 bits per heavy atom. The molecule has 4 aromatic rings. The van der Waals surface area contributed by atoms with Crippen LogP contribution in [0.1, 0.15) is 41.5 Å². The smallest absolute Gasteiger partial charge is 0.411 e. The number of likely N-dealkylation sites (tertiary alicyclic amines) is 1. The highest BCUT2D eigenvalue weighted by Gasteiger charge is 2.43. The van der Waals surface area contributed by atoms with Crippen molar-refractivity contribution in [1.29, 1.82) is 0 Å². The summed E-state index contributed by atoms with van der Waals surface area (Å²) in [5.74, 6) is -0.531. The van der Waals surface area contributed by atoms with E-state index in [2.05, 4.69) is 15.0 Å². The van der Waals surface area contributed by atoms with Crippen molar-refractivity contribution in [2.45, 2.75) is 25.3 Å². The number of carbonyl (C=O) groups excluding carboxylic acids is 2. The summed E-state index contributed by atoms with van der Waals surface area (Å²) in [6.45, 7) is 1.16. The molecule has 0 bridgehead atoms. The van der Waals surface area contributed by atoms with E-state index < -0.39 is 33.9 Å². The summed E-state index contributed by atoms with van der Waals surface area (Å²) in [4.78, 5) is 35.3. The molecule has 0 aliphatic carbocycles. The van der Waals surface area contributed by atoms with Gasteiger partial charge >= 0.3 is 6.09 Å². The van der Waals surface area contributed by atoms with Gasteiger partial charge in [0, 0.05) is 44.1 Å². The average Bonchev–Trinajstić information content (AvgIpc) is 3.72. The van der Waals surface area contributed by atoms with Gasteiger partial charge in [-0.05, 0) is 55.4 Å². The summed E-state index contributed by atoms with van der Waals surface area (Å²) < 4.78 is 48.0. The number of sulfonamides is 1. The second-order valence-electron chi connectivity index (χ2n) is 11.9. The summed E-state index contributed by atoms with van der Waals surface area (Å²) in [6.07, 6.45) is 4.07. The summed E-state index contributed by atoms with van der Waals surface area (Å²) in [5.41, 5.74) is 2.14. The minimum absolute atomic E-state index is 0.0266. The first kappa shape index (κ1) is 32.3. The summed E-state index contributed by atoms with van der Waals surface area (Å²) in [5, 5.41) is 3.26. The number of aryl methyl sites for hydroxylation is 1. The molecule has 2 N–H and O–H groups in total. The van der Waals surface area contributed by atoms with Crippen molar-refractivity contribution in [3.05, 3.63) is 70.0 Å². The van der Waals surface area contributed by atoms with Crippen molar-refractivity contribution < 1.29 is 27.1 Å². The number of aromatic nitrogens is 3. The number of nitrogens with one attached hydrogen (secondary N) is 2. The number of imidazole rings is 1. The van der Waals surface area contributed by atoms with Crippen molar-refractivity contribution in [2.24, 2.45) is 18.9 Å². The number of halogens is 3. The topological polar surface area (TPSA) is 130 Å². The molecule has 2 aromatic heterocycles. The van der Waals surface area contributed by atoms with Crippen LogP contribution in [0.25, 0.3) is 22.2 Å². The molecule has 2 saturated heterocycles. The highest BCUT2D eigenvalue weighted by atomic mass is 35.5. The number of fused-ring (bicyclic) bond motifs is 1. The van der Waals surface area contributed by atoms with E-state index in [1.54, 1.807) is 53.0 Å². The van der Waals surface area contributed by atoms with Crippen LogP contribution >= 0.6 is 23.2 Å². The summed E-state index contributed by atoms with van der Waals surface area (Å²) in [7, 11) is -0.259. The number of H-pyrrole nitrogens is 1. The van der Waals surface area contributed by atoms with Gasteiger partial charge in [0.2, 0.25) is 10.0 Å². The van der Waals surface area contributed by atoms with E-state index in [9.17, 15) is 18.0 Å².